The maximum Gasteiger partial charge on any atom is 0.333 e. The van der Waals surface area contributed by atoms with E-state index in [1.807, 2.05) is 13.0 Å². The maximum atomic E-state index is 13.0. The topological polar surface area (TPSA) is 95.9 Å². The number of aliphatic hydroxyl groups is 2. The van der Waals surface area contributed by atoms with Crippen LogP contribution in [0.5, 0.6) is 0 Å². The van der Waals surface area contributed by atoms with E-state index in [2.05, 4.69) is 32.2 Å². The van der Waals surface area contributed by atoms with Gasteiger partial charge in [-0.2, -0.15) is 0 Å². The Morgan fingerprint density at radius 3 is 1.95 bits per heavy atom. The predicted molar refractivity (Wildman–Crippen MR) is 178 cm³/mol. The normalized spacial score (nSPS) is 16.1. The van der Waals surface area contributed by atoms with Crippen LogP contribution in [0.2, 0.25) is 0 Å². The number of nitrogens with one attached hydrogen (secondary N) is 1. The minimum absolute atomic E-state index is 0.166. The maximum absolute atomic E-state index is 13.0. The van der Waals surface area contributed by atoms with Gasteiger partial charge in [0, 0.05) is 0 Å². The fourth-order valence-corrected chi connectivity index (χ4v) is 5.93. The van der Waals surface area contributed by atoms with Gasteiger partial charge >= 0.3 is 5.97 Å². The minimum atomic E-state index is -0.945. The highest BCUT2D eigenvalue weighted by Crippen LogP contribution is 2.24. The Labute approximate surface area is 263 Å². The molecule has 0 fully saturated rings. The third-order valence-electron chi connectivity index (χ3n) is 8.66. The van der Waals surface area contributed by atoms with E-state index in [-0.39, 0.29) is 12.0 Å². The molecule has 1 aromatic carbocycles. The van der Waals surface area contributed by atoms with Gasteiger partial charge in [0.2, 0.25) is 5.91 Å². The Morgan fingerprint density at radius 1 is 0.837 bits per heavy atom. The smallest absolute Gasteiger partial charge is 0.333 e. The summed E-state index contributed by atoms with van der Waals surface area (Å²) >= 11 is 0. The number of aliphatic hydroxyl groups excluding tert-OH is 2. The molecule has 5 unspecified atom stereocenters. The fourth-order valence-electron chi connectivity index (χ4n) is 5.93. The van der Waals surface area contributed by atoms with Crippen molar-refractivity contribution in [1.82, 2.24) is 5.32 Å². The first-order valence-corrected chi connectivity index (χ1v) is 17.1. The summed E-state index contributed by atoms with van der Waals surface area (Å²) in [4.78, 5) is 25.3. The molecular weight excluding hydrogens is 538 g/mol. The van der Waals surface area contributed by atoms with Gasteiger partial charge in [0.05, 0.1) is 25.2 Å². The van der Waals surface area contributed by atoms with E-state index < -0.39 is 29.9 Å². The van der Waals surface area contributed by atoms with Crippen LogP contribution in [0.25, 0.3) is 0 Å². The molecule has 1 rings (SSSR count). The van der Waals surface area contributed by atoms with E-state index in [0.717, 1.165) is 50.5 Å². The SMILES string of the molecule is CCCCCCCCCCCC(O)CCCCC(C)CC(C)/C=C(\C)C(O)C(C)C(=O)N[C@@H](C(=O)OC)c1ccccc1. The lowest BCUT2D eigenvalue weighted by Gasteiger charge is -2.24. The summed E-state index contributed by atoms with van der Waals surface area (Å²) in [6.45, 7) is 10.2. The predicted octanol–water partition coefficient (Wildman–Crippen LogP) is 8.46. The van der Waals surface area contributed by atoms with Crippen molar-refractivity contribution in [1.29, 1.82) is 0 Å². The van der Waals surface area contributed by atoms with Crippen LogP contribution in [-0.2, 0) is 14.3 Å². The lowest BCUT2D eigenvalue weighted by molar-refractivity contribution is -0.146. The van der Waals surface area contributed by atoms with Gasteiger partial charge in [0.1, 0.15) is 0 Å². The molecule has 3 N–H and O–H groups in total. The molecule has 6 nitrogen and oxygen atoms in total. The number of allylic oxidation sites excluding steroid dienone is 1. The molecule has 0 aliphatic heterocycles. The standard InChI is InChI=1S/C37H63NO5/c1-7-8-9-10-11-12-13-14-18-24-33(39)25-20-19-21-28(2)26-29(3)27-30(4)35(40)31(5)36(41)38-34(37(42)43-6)32-22-16-15-17-23-32/h15-17,22-23,27-29,31,33-35,39-40H,7-14,18-21,24-26H2,1-6H3,(H,38,41)/b30-27+/t28?,29?,31?,33?,34-,35?/m1/s1. The number of carbonyl (C=O) groups is 2. The van der Waals surface area contributed by atoms with Gasteiger partial charge in [0.15, 0.2) is 6.04 Å². The van der Waals surface area contributed by atoms with Gasteiger partial charge in [0.25, 0.3) is 0 Å². The Balaban J connectivity index is 2.34. The van der Waals surface area contributed by atoms with Crippen LogP contribution >= 0.6 is 0 Å². The number of esters is 1. The summed E-state index contributed by atoms with van der Waals surface area (Å²) < 4.78 is 4.89. The zero-order valence-electron chi connectivity index (χ0n) is 28.2. The van der Waals surface area contributed by atoms with Gasteiger partial charge in [-0.1, -0.05) is 141 Å². The van der Waals surface area contributed by atoms with Crippen molar-refractivity contribution < 1.29 is 24.5 Å². The molecule has 43 heavy (non-hydrogen) atoms. The van der Waals surface area contributed by atoms with E-state index in [4.69, 9.17) is 4.74 Å². The molecule has 0 saturated carbocycles. The van der Waals surface area contributed by atoms with Crippen LogP contribution in [0.3, 0.4) is 0 Å². The number of hydrogen-bond acceptors (Lipinski definition) is 5. The molecule has 0 aliphatic rings. The lowest BCUT2D eigenvalue weighted by atomic mass is 9.89. The number of methoxy groups -OCH3 is 1. The van der Waals surface area contributed by atoms with Gasteiger partial charge in [-0.05, 0) is 49.2 Å². The number of unbranched alkanes of at least 4 members (excludes halogenated alkanes) is 9. The van der Waals surface area contributed by atoms with Crippen LogP contribution < -0.4 is 5.32 Å². The number of amides is 1. The zero-order chi connectivity index (χ0) is 32.0. The molecule has 246 valence electrons. The Morgan fingerprint density at radius 2 is 1.37 bits per heavy atom. The molecule has 1 aromatic rings. The molecule has 0 aliphatic carbocycles. The highest BCUT2D eigenvalue weighted by Gasteiger charge is 2.29. The van der Waals surface area contributed by atoms with E-state index in [9.17, 15) is 19.8 Å². The van der Waals surface area contributed by atoms with Gasteiger partial charge in [-0.15, -0.1) is 0 Å². The molecular formula is C37H63NO5. The summed E-state index contributed by atoms with van der Waals surface area (Å²) in [5.74, 6) is -0.869. The van der Waals surface area contributed by atoms with Crippen molar-refractivity contribution in [2.24, 2.45) is 17.8 Å². The molecule has 0 aromatic heterocycles. The average Bonchev–Trinajstić information content (AvgIpc) is 3.00. The number of hydrogen-bond donors (Lipinski definition) is 3. The minimum Gasteiger partial charge on any atom is -0.467 e. The second-order valence-corrected chi connectivity index (χ2v) is 12.9. The Kier molecular flexibility index (Phi) is 21.0. The molecule has 0 heterocycles. The summed E-state index contributed by atoms with van der Waals surface area (Å²) in [5.41, 5.74) is 1.39. The summed E-state index contributed by atoms with van der Waals surface area (Å²) in [6, 6.07) is 8.04. The van der Waals surface area contributed by atoms with Crippen LogP contribution in [0.4, 0.5) is 0 Å². The number of rotatable bonds is 24. The molecule has 6 atom stereocenters. The largest absolute Gasteiger partial charge is 0.467 e. The second-order valence-electron chi connectivity index (χ2n) is 12.9. The van der Waals surface area contributed by atoms with Crippen molar-refractivity contribution in [2.45, 2.75) is 149 Å². The van der Waals surface area contributed by atoms with Crippen LogP contribution in [0.15, 0.2) is 42.0 Å². The highest BCUT2D eigenvalue weighted by molar-refractivity contribution is 5.87. The first kappa shape index (κ1) is 38.8. The lowest BCUT2D eigenvalue weighted by Crippen LogP contribution is -2.41. The molecule has 1 amide bonds. The van der Waals surface area contributed by atoms with E-state index in [0.29, 0.717) is 11.5 Å². The number of ether oxygens (including phenoxy) is 1. The molecule has 6 heteroatoms. The Hall–Kier alpha value is -2.18. The monoisotopic (exact) mass is 601 g/mol. The summed E-state index contributed by atoms with van der Waals surface area (Å²) in [6.07, 6.45) is 18.9. The van der Waals surface area contributed by atoms with E-state index in [1.165, 1.54) is 58.5 Å². The first-order chi connectivity index (χ1) is 20.6. The molecule has 0 radical (unpaired) electrons. The number of benzene rings is 1. The third-order valence-corrected chi connectivity index (χ3v) is 8.66. The van der Waals surface area contributed by atoms with Crippen LogP contribution in [0, 0.1) is 17.8 Å². The highest BCUT2D eigenvalue weighted by atomic mass is 16.5. The van der Waals surface area contributed by atoms with E-state index >= 15 is 0 Å². The third kappa shape index (κ3) is 17.0. The molecule has 0 bridgehead atoms. The molecule has 0 spiro atoms. The summed E-state index contributed by atoms with van der Waals surface area (Å²) in [5, 5.41) is 24.0. The van der Waals surface area contributed by atoms with E-state index in [1.54, 1.807) is 31.2 Å². The van der Waals surface area contributed by atoms with Crippen LogP contribution in [-0.4, -0.2) is 41.4 Å². The quantitative estimate of drug-likeness (QED) is 0.0627. The number of carbonyl (C=O) groups excluding carboxylic acids is 2. The average molecular weight is 602 g/mol. The van der Waals surface area contributed by atoms with Crippen molar-refractivity contribution in [3.63, 3.8) is 0 Å². The fraction of sp³-hybridized carbons (Fsp3) is 0.730. The second kappa shape index (κ2) is 23.2. The van der Waals surface area contributed by atoms with Gasteiger partial charge in [-0.3, -0.25) is 4.79 Å². The van der Waals surface area contributed by atoms with Crippen molar-refractivity contribution in [3.8, 4) is 0 Å². The van der Waals surface area contributed by atoms with Crippen molar-refractivity contribution in [3.05, 3.63) is 47.5 Å². The zero-order valence-corrected chi connectivity index (χ0v) is 28.2. The first-order valence-electron chi connectivity index (χ1n) is 17.1. The van der Waals surface area contributed by atoms with Crippen molar-refractivity contribution in [2.75, 3.05) is 7.11 Å². The Bertz CT molecular complexity index is 902. The molecule has 0 saturated heterocycles. The van der Waals surface area contributed by atoms with Gasteiger partial charge < -0.3 is 20.3 Å². The van der Waals surface area contributed by atoms with Crippen LogP contribution in [0.1, 0.15) is 143 Å². The van der Waals surface area contributed by atoms with Gasteiger partial charge in [-0.25, -0.2) is 4.79 Å². The summed E-state index contributed by atoms with van der Waals surface area (Å²) in [7, 11) is 1.29. The van der Waals surface area contributed by atoms with Crippen molar-refractivity contribution >= 4 is 11.9 Å².